The zero-order valence-corrected chi connectivity index (χ0v) is 9.66. The smallest absolute Gasteiger partial charge is 0.306 e. The van der Waals surface area contributed by atoms with Crippen LogP contribution in [0.2, 0.25) is 0 Å². The molecule has 0 aromatic heterocycles. The maximum absolute atomic E-state index is 10.8. The normalized spacial score (nSPS) is 20.0. The molecule has 2 unspecified atom stereocenters. The predicted octanol–water partition coefficient (Wildman–Crippen LogP) is 2.61. The molecule has 0 spiro atoms. The summed E-state index contributed by atoms with van der Waals surface area (Å²) in [6.07, 6.45) is 0.707. The van der Waals surface area contributed by atoms with Crippen LogP contribution in [0.4, 0.5) is 5.69 Å². The molecular weight excluding hydrogens is 202 g/mol. The van der Waals surface area contributed by atoms with Gasteiger partial charge in [-0.3, -0.25) is 4.79 Å². The lowest BCUT2D eigenvalue weighted by molar-refractivity contribution is -0.141. The third-order valence-electron chi connectivity index (χ3n) is 3.25. The summed E-state index contributed by atoms with van der Waals surface area (Å²) < 4.78 is 0. The summed E-state index contributed by atoms with van der Waals surface area (Å²) >= 11 is 0. The number of fused-ring (bicyclic) bond motifs is 1. The maximum atomic E-state index is 10.8. The second-order valence-corrected chi connectivity index (χ2v) is 4.64. The first-order valence-corrected chi connectivity index (χ1v) is 5.65. The van der Waals surface area contributed by atoms with Gasteiger partial charge in [0.1, 0.15) is 0 Å². The maximum Gasteiger partial charge on any atom is 0.306 e. The second kappa shape index (κ2) is 4.16. The quantitative estimate of drug-likeness (QED) is 0.821. The van der Waals surface area contributed by atoms with Crippen molar-refractivity contribution >= 4 is 11.7 Å². The van der Waals surface area contributed by atoms with Gasteiger partial charge in [-0.05, 0) is 25.0 Å². The molecule has 2 rings (SSSR count). The summed E-state index contributed by atoms with van der Waals surface area (Å²) in [7, 11) is 0. The van der Waals surface area contributed by atoms with E-state index in [1.54, 1.807) is 6.92 Å². The van der Waals surface area contributed by atoms with E-state index < -0.39 is 5.97 Å². The van der Waals surface area contributed by atoms with E-state index in [0.29, 0.717) is 12.3 Å². The van der Waals surface area contributed by atoms with Gasteiger partial charge < -0.3 is 10.4 Å². The topological polar surface area (TPSA) is 49.3 Å². The van der Waals surface area contributed by atoms with E-state index in [9.17, 15) is 4.79 Å². The van der Waals surface area contributed by atoms with Gasteiger partial charge in [-0.1, -0.05) is 24.6 Å². The predicted molar refractivity (Wildman–Crippen MR) is 63.8 cm³/mol. The number of carboxylic acid groups (broad SMARTS) is 1. The van der Waals surface area contributed by atoms with Crippen molar-refractivity contribution < 1.29 is 9.90 Å². The van der Waals surface area contributed by atoms with Crippen LogP contribution in [0.5, 0.6) is 0 Å². The number of rotatable bonds is 3. The van der Waals surface area contributed by atoms with E-state index in [4.69, 9.17) is 5.11 Å². The molecule has 1 aromatic rings. The van der Waals surface area contributed by atoms with Crippen LogP contribution in [-0.2, 0) is 4.79 Å². The second-order valence-electron chi connectivity index (χ2n) is 4.64. The van der Waals surface area contributed by atoms with Gasteiger partial charge in [0.05, 0.1) is 5.92 Å². The van der Waals surface area contributed by atoms with E-state index in [2.05, 4.69) is 30.4 Å². The fraction of sp³-hybridized carbons (Fsp3) is 0.462. The molecule has 1 aliphatic heterocycles. The van der Waals surface area contributed by atoms with Crippen LogP contribution in [0.25, 0.3) is 0 Å². The zero-order valence-electron chi connectivity index (χ0n) is 9.66. The van der Waals surface area contributed by atoms with Crippen LogP contribution in [0.1, 0.15) is 30.4 Å². The van der Waals surface area contributed by atoms with Crippen LogP contribution in [-0.4, -0.2) is 17.6 Å². The van der Waals surface area contributed by atoms with E-state index in [0.717, 1.165) is 12.2 Å². The van der Waals surface area contributed by atoms with Gasteiger partial charge in [0.15, 0.2) is 0 Å². The molecule has 86 valence electrons. The number of anilines is 1. The van der Waals surface area contributed by atoms with Crippen LogP contribution in [0, 0.1) is 12.8 Å². The van der Waals surface area contributed by atoms with Crippen molar-refractivity contribution in [2.75, 3.05) is 11.9 Å². The molecule has 2 atom stereocenters. The van der Waals surface area contributed by atoms with Crippen molar-refractivity contribution in [3.63, 3.8) is 0 Å². The van der Waals surface area contributed by atoms with Gasteiger partial charge in [-0.2, -0.15) is 0 Å². The van der Waals surface area contributed by atoms with Crippen LogP contribution in [0.15, 0.2) is 18.2 Å². The third kappa shape index (κ3) is 2.03. The highest BCUT2D eigenvalue weighted by Crippen LogP contribution is 2.35. The highest BCUT2D eigenvalue weighted by atomic mass is 16.4. The Bertz CT molecular complexity index is 414. The Balaban J connectivity index is 2.17. The van der Waals surface area contributed by atoms with Gasteiger partial charge >= 0.3 is 5.97 Å². The van der Waals surface area contributed by atoms with E-state index in [1.165, 1.54) is 11.1 Å². The molecule has 0 bridgehead atoms. The summed E-state index contributed by atoms with van der Waals surface area (Å²) in [5.41, 5.74) is 3.66. The van der Waals surface area contributed by atoms with Crippen molar-refractivity contribution in [1.82, 2.24) is 0 Å². The summed E-state index contributed by atoms with van der Waals surface area (Å²) in [6.45, 7) is 4.70. The first kappa shape index (κ1) is 11.0. The number of carboxylic acids is 1. The van der Waals surface area contributed by atoms with Crippen molar-refractivity contribution in [2.24, 2.45) is 5.92 Å². The Morgan fingerprint density at radius 2 is 2.38 bits per heavy atom. The summed E-state index contributed by atoms with van der Waals surface area (Å²) in [6, 6.07) is 6.32. The number of benzene rings is 1. The minimum absolute atomic E-state index is 0.279. The molecule has 2 N–H and O–H groups in total. The Labute approximate surface area is 95.5 Å². The first-order chi connectivity index (χ1) is 7.58. The molecule has 0 saturated carbocycles. The van der Waals surface area contributed by atoms with Gasteiger partial charge in [0.25, 0.3) is 0 Å². The van der Waals surface area contributed by atoms with Crippen molar-refractivity contribution in [3.05, 3.63) is 29.3 Å². The fourth-order valence-corrected chi connectivity index (χ4v) is 2.26. The van der Waals surface area contributed by atoms with Crippen molar-refractivity contribution in [1.29, 1.82) is 0 Å². The summed E-state index contributed by atoms with van der Waals surface area (Å²) in [5.74, 6) is -0.652. The van der Waals surface area contributed by atoms with Gasteiger partial charge in [0, 0.05) is 18.2 Å². The molecule has 0 fully saturated rings. The molecule has 1 aromatic carbocycles. The minimum Gasteiger partial charge on any atom is -0.481 e. The molecule has 3 nitrogen and oxygen atoms in total. The number of nitrogens with one attached hydrogen (secondary N) is 1. The molecule has 0 radical (unpaired) electrons. The molecule has 0 saturated heterocycles. The first-order valence-electron chi connectivity index (χ1n) is 5.65. The lowest BCUT2D eigenvalue weighted by Gasteiger charge is -2.13. The van der Waals surface area contributed by atoms with Crippen LogP contribution < -0.4 is 5.32 Å². The van der Waals surface area contributed by atoms with Crippen molar-refractivity contribution in [3.8, 4) is 0 Å². The lowest BCUT2D eigenvalue weighted by Crippen LogP contribution is -2.14. The molecular formula is C13H17NO2. The fourth-order valence-electron chi connectivity index (χ4n) is 2.26. The van der Waals surface area contributed by atoms with E-state index >= 15 is 0 Å². The Morgan fingerprint density at radius 1 is 1.62 bits per heavy atom. The van der Waals surface area contributed by atoms with E-state index in [1.807, 2.05) is 0 Å². The molecule has 3 heteroatoms. The Morgan fingerprint density at radius 3 is 3.06 bits per heavy atom. The largest absolute Gasteiger partial charge is 0.481 e. The number of hydrogen-bond donors (Lipinski definition) is 2. The molecule has 0 aliphatic carbocycles. The molecule has 1 heterocycles. The standard InChI is InChI=1S/C13H17NO2/c1-8-3-4-12-11(5-8)10(7-14-12)6-9(2)13(15)16/h3-5,9-10,14H,6-7H2,1-2H3,(H,15,16). The number of aliphatic carboxylic acids is 1. The average Bonchev–Trinajstić information content (AvgIpc) is 2.61. The molecule has 16 heavy (non-hydrogen) atoms. The molecule has 1 aliphatic rings. The monoisotopic (exact) mass is 219 g/mol. The SMILES string of the molecule is Cc1ccc2c(c1)C(CC(C)C(=O)O)CN2. The van der Waals surface area contributed by atoms with Crippen LogP contribution in [0.3, 0.4) is 0 Å². The highest BCUT2D eigenvalue weighted by molar-refractivity contribution is 5.70. The Hall–Kier alpha value is -1.51. The van der Waals surface area contributed by atoms with Gasteiger partial charge in [-0.25, -0.2) is 0 Å². The number of aryl methyl sites for hydroxylation is 1. The van der Waals surface area contributed by atoms with Gasteiger partial charge in [-0.15, -0.1) is 0 Å². The average molecular weight is 219 g/mol. The van der Waals surface area contributed by atoms with Crippen molar-refractivity contribution in [2.45, 2.75) is 26.2 Å². The van der Waals surface area contributed by atoms with Gasteiger partial charge in [0.2, 0.25) is 0 Å². The van der Waals surface area contributed by atoms with E-state index in [-0.39, 0.29) is 5.92 Å². The van der Waals surface area contributed by atoms with Crippen LogP contribution >= 0.6 is 0 Å². The molecule has 0 amide bonds. The number of hydrogen-bond acceptors (Lipinski definition) is 2. The third-order valence-corrected chi connectivity index (χ3v) is 3.25. The zero-order chi connectivity index (χ0) is 11.7. The minimum atomic E-state index is -0.707. The summed E-state index contributed by atoms with van der Waals surface area (Å²) in [4.78, 5) is 10.8. The highest BCUT2D eigenvalue weighted by Gasteiger charge is 2.25. The summed E-state index contributed by atoms with van der Waals surface area (Å²) in [5, 5.41) is 12.3. The lowest BCUT2D eigenvalue weighted by atomic mass is 9.90. The Kier molecular flexibility index (Phi) is 2.86. The number of carbonyl (C=O) groups is 1.